The quantitative estimate of drug-likeness (QED) is 0.547. The molecule has 0 radical (unpaired) electrons. The Morgan fingerprint density at radius 2 is 1.75 bits per heavy atom. The number of hydrogen-bond donors (Lipinski definition) is 2. The molecule has 42 valence electrons. The molecule has 0 heterocycles. The largest absolute Gasteiger partial charge is 0 e. The number of aliphatic carboxylic acids is 1. The number of carboxylic acid groups (broad SMARTS) is 1. The summed E-state index contributed by atoms with van der Waals surface area (Å²) in [7, 11) is 0. The van der Waals surface area contributed by atoms with Crippen LogP contribution in [0.5, 0.6) is 0 Å². The average molecular weight is 221 g/mol. The van der Waals surface area contributed by atoms with E-state index < -0.39 is 12.1 Å². The van der Waals surface area contributed by atoms with Crippen LogP contribution in [0.25, 0.3) is 0 Å². The Kier molecular flexibility index (Phi) is 18.5. The summed E-state index contributed by atoms with van der Waals surface area (Å²) >= 11 is 0. The summed E-state index contributed by atoms with van der Waals surface area (Å²) in [6, 6.07) is 0. The average Bonchev–Trinajstić information content (AvgIpc) is 1.36. The molecule has 8 heavy (non-hydrogen) atoms. The molecule has 0 saturated carbocycles. The van der Waals surface area contributed by atoms with Crippen molar-refractivity contribution in [2.24, 2.45) is 0 Å². The van der Waals surface area contributed by atoms with Crippen LogP contribution in [-0.4, -0.2) is 73.7 Å². The van der Waals surface area contributed by atoms with Gasteiger partial charge in [0, 0.05) is 26.2 Å². The van der Waals surface area contributed by atoms with Crippen LogP contribution in [-0.2, 0) is 31.0 Å². The van der Waals surface area contributed by atoms with Crippen molar-refractivity contribution in [3.63, 3.8) is 0 Å². The Labute approximate surface area is 109 Å². The van der Waals surface area contributed by atoms with E-state index in [-0.39, 0.29) is 77.6 Å². The fourth-order valence-electron chi connectivity index (χ4n) is 0. The summed E-state index contributed by atoms with van der Waals surface area (Å²) in [6.07, 6.45) is -1.23. The number of aliphatic hydroxyl groups is 1. The monoisotopic (exact) mass is 220 g/mol. The fraction of sp³-hybridized carbons (Fsp3) is 0.667. The first kappa shape index (κ1) is 16.5. The molecule has 0 rings (SSSR count). The molecule has 0 aromatic heterocycles. The van der Waals surface area contributed by atoms with Crippen molar-refractivity contribution in [1.29, 1.82) is 0 Å². The Hall–Kier alpha value is 1.95. The van der Waals surface area contributed by atoms with Gasteiger partial charge in [0.05, 0.1) is 0 Å². The fourth-order valence-corrected chi connectivity index (χ4v) is 0. The van der Waals surface area contributed by atoms with Gasteiger partial charge in [0.1, 0.15) is 6.10 Å². The molecule has 0 aliphatic heterocycles. The maximum Gasteiger partial charge on any atom is 0 e. The third-order valence-electron chi connectivity index (χ3n) is 0.357. The summed E-state index contributed by atoms with van der Waals surface area (Å²) < 4.78 is 0. The number of rotatable bonds is 1. The van der Waals surface area contributed by atoms with Gasteiger partial charge >= 0.3 is 57.4 Å². The third-order valence-corrected chi connectivity index (χ3v) is 0.357. The van der Waals surface area contributed by atoms with E-state index in [2.05, 4.69) is 0 Å². The first-order valence-electron chi connectivity index (χ1n) is 1.55. The second-order valence-electron chi connectivity index (χ2n) is 1.01. The molecular formula is C3H7KO3Zr. The Bertz CT molecular complexity index is 65.5. The van der Waals surface area contributed by atoms with Crippen LogP contribution in [0.15, 0.2) is 0 Å². The molecule has 1 atom stereocenters. The van der Waals surface area contributed by atoms with Crippen LogP contribution in [0.1, 0.15) is 6.92 Å². The van der Waals surface area contributed by atoms with Gasteiger partial charge in [-0.3, -0.25) is 0 Å². The molecule has 0 fully saturated rings. The molecule has 0 saturated heterocycles. The van der Waals surface area contributed by atoms with E-state index in [1.807, 2.05) is 0 Å². The van der Waals surface area contributed by atoms with Gasteiger partial charge in [-0.1, -0.05) is 0 Å². The number of hydrogen-bond acceptors (Lipinski definition) is 2. The van der Waals surface area contributed by atoms with Crippen LogP contribution in [0.3, 0.4) is 0 Å². The Balaban J connectivity index is -0.000000125. The van der Waals surface area contributed by atoms with Gasteiger partial charge in [0.2, 0.25) is 0 Å². The summed E-state index contributed by atoms with van der Waals surface area (Å²) in [5, 5.41) is 15.8. The minimum absolute atomic E-state index is 0. The van der Waals surface area contributed by atoms with Crippen molar-refractivity contribution in [3.05, 3.63) is 0 Å². The van der Waals surface area contributed by atoms with Crippen LogP contribution in [0.2, 0.25) is 0 Å². The number of carboxylic acids is 1. The minimum Gasteiger partial charge on any atom is 0 e. The maximum atomic E-state index is 9.45. The predicted molar refractivity (Wildman–Crippen MR) is 26.5 cm³/mol. The number of carbonyl (C=O) groups is 1. The van der Waals surface area contributed by atoms with Crippen molar-refractivity contribution in [2.45, 2.75) is 13.0 Å². The molecule has 3 nitrogen and oxygen atoms in total. The molecule has 1 unspecified atom stereocenters. The van der Waals surface area contributed by atoms with E-state index in [1.165, 1.54) is 6.92 Å². The molecule has 2 N–H and O–H groups in total. The standard InChI is InChI=1S/C3H6O3.K.Zr.H/c1-2(4)3(5)6;;;/h2,4H,1H3,(H,5,6);;;. The Morgan fingerprint density at radius 1 is 1.62 bits per heavy atom. The van der Waals surface area contributed by atoms with Crippen molar-refractivity contribution < 1.29 is 41.2 Å². The summed E-state index contributed by atoms with van der Waals surface area (Å²) in [5.41, 5.74) is 0. The van der Waals surface area contributed by atoms with E-state index in [9.17, 15) is 4.79 Å². The van der Waals surface area contributed by atoms with E-state index in [4.69, 9.17) is 10.2 Å². The molecule has 0 amide bonds. The predicted octanol–water partition coefficient (Wildman–Crippen LogP) is -1.20. The van der Waals surface area contributed by atoms with Crippen LogP contribution >= 0.6 is 0 Å². The van der Waals surface area contributed by atoms with E-state index in [1.54, 1.807) is 0 Å². The molecule has 0 spiro atoms. The maximum absolute atomic E-state index is 9.45. The second kappa shape index (κ2) is 8.95. The van der Waals surface area contributed by atoms with Gasteiger partial charge in [-0.2, -0.15) is 0 Å². The molecular weight excluding hydrogens is 214 g/mol. The first-order chi connectivity index (χ1) is 2.64. The smallest absolute Gasteiger partial charge is 0 e. The zero-order valence-corrected chi connectivity index (χ0v) is 6.34. The zero-order valence-electron chi connectivity index (χ0n) is 3.88. The number of aliphatic hydroxyl groups excluding tert-OH is 1. The third kappa shape index (κ3) is 10.8. The van der Waals surface area contributed by atoms with E-state index >= 15 is 0 Å². The molecule has 5 heteroatoms. The van der Waals surface area contributed by atoms with Gasteiger partial charge in [0.25, 0.3) is 0 Å². The van der Waals surface area contributed by atoms with E-state index in [0.29, 0.717) is 0 Å². The first-order valence-corrected chi connectivity index (χ1v) is 1.55. The molecule has 0 aliphatic rings. The molecule has 0 aromatic carbocycles. The van der Waals surface area contributed by atoms with Gasteiger partial charge in [-0.15, -0.1) is 0 Å². The van der Waals surface area contributed by atoms with Crippen molar-refractivity contribution >= 4 is 57.4 Å². The topological polar surface area (TPSA) is 57.5 Å². The molecule has 0 aliphatic carbocycles. The van der Waals surface area contributed by atoms with Crippen molar-refractivity contribution in [3.8, 4) is 0 Å². The van der Waals surface area contributed by atoms with Crippen molar-refractivity contribution in [1.82, 2.24) is 0 Å². The second-order valence-corrected chi connectivity index (χ2v) is 1.01. The van der Waals surface area contributed by atoms with Crippen molar-refractivity contribution in [2.75, 3.05) is 0 Å². The van der Waals surface area contributed by atoms with Crippen LogP contribution in [0.4, 0.5) is 0 Å². The zero-order chi connectivity index (χ0) is 5.15. The summed E-state index contributed by atoms with van der Waals surface area (Å²) in [5.74, 6) is -1.19. The van der Waals surface area contributed by atoms with Gasteiger partial charge in [0.15, 0.2) is 0 Å². The van der Waals surface area contributed by atoms with Crippen LogP contribution in [0, 0.1) is 0 Å². The van der Waals surface area contributed by atoms with Gasteiger partial charge in [-0.05, 0) is 6.92 Å². The molecule has 0 aromatic rings. The van der Waals surface area contributed by atoms with E-state index in [0.717, 1.165) is 0 Å². The van der Waals surface area contributed by atoms with Gasteiger partial charge in [-0.25, -0.2) is 4.79 Å². The SMILES string of the molecule is CC(O)C(=O)O.[KH].[Zr]. The summed E-state index contributed by atoms with van der Waals surface area (Å²) in [4.78, 5) is 9.45. The minimum atomic E-state index is -1.23. The normalized spacial score (nSPS) is 10.2. The van der Waals surface area contributed by atoms with Gasteiger partial charge < -0.3 is 10.2 Å². The summed E-state index contributed by atoms with van der Waals surface area (Å²) in [6.45, 7) is 1.20. The Morgan fingerprint density at radius 3 is 1.75 bits per heavy atom. The molecule has 0 bridgehead atoms. The van der Waals surface area contributed by atoms with Crippen LogP contribution < -0.4 is 0 Å².